The first kappa shape index (κ1) is 72.1. The summed E-state index contributed by atoms with van der Waals surface area (Å²) in [5.74, 6) is -0.907. The molecular weight excluding hydrogens is 937 g/mol. The third-order valence-electron chi connectivity index (χ3n) is 13.5. The summed E-state index contributed by atoms with van der Waals surface area (Å²) in [6.07, 6.45) is 87.0. The molecule has 1 atom stereocenters. The van der Waals surface area contributed by atoms with Gasteiger partial charge in [-0.15, -0.1) is 0 Å². The number of hydrogen-bond donors (Lipinski definition) is 0. The second kappa shape index (κ2) is 63.6. The van der Waals surface area contributed by atoms with Crippen molar-refractivity contribution in [3.63, 3.8) is 0 Å². The summed E-state index contributed by atoms with van der Waals surface area (Å²) >= 11 is 0. The first-order valence-electron chi connectivity index (χ1n) is 31.9. The van der Waals surface area contributed by atoms with Gasteiger partial charge in [0.05, 0.1) is 0 Å². The molecule has 0 aromatic carbocycles. The molecule has 76 heavy (non-hydrogen) atoms. The number of carbonyl (C=O) groups excluding carboxylic acids is 3. The van der Waals surface area contributed by atoms with Crippen LogP contribution in [0.2, 0.25) is 0 Å². The molecule has 434 valence electrons. The zero-order chi connectivity index (χ0) is 55.0. The van der Waals surface area contributed by atoms with E-state index in [1.54, 1.807) is 0 Å². The maximum Gasteiger partial charge on any atom is 0.306 e. The number of rotatable bonds is 57. The average molecular weight is 1060 g/mol. The van der Waals surface area contributed by atoms with Crippen molar-refractivity contribution in [2.45, 2.75) is 303 Å². The minimum atomic E-state index is -0.786. The fraction of sp³-hybridized carbons (Fsp3) is 0.700. The Morgan fingerprint density at radius 1 is 0.276 bits per heavy atom. The van der Waals surface area contributed by atoms with Crippen LogP contribution in [0.25, 0.3) is 0 Å². The highest BCUT2D eigenvalue weighted by atomic mass is 16.6. The van der Waals surface area contributed by atoms with Gasteiger partial charge >= 0.3 is 17.9 Å². The smallest absolute Gasteiger partial charge is 0.306 e. The topological polar surface area (TPSA) is 78.9 Å². The highest BCUT2D eigenvalue weighted by Crippen LogP contribution is 2.16. The van der Waals surface area contributed by atoms with E-state index in [0.717, 1.165) is 122 Å². The molecule has 0 rings (SSSR count). The van der Waals surface area contributed by atoms with Gasteiger partial charge in [0.1, 0.15) is 13.2 Å². The largest absolute Gasteiger partial charge is 0.462 e. The van der Waals surface area contributed by atoms with Crippen molar-refractivity contribution in [1.82, 2.24) is 0 Å². The summed E-state index contributed by atoms with van der Waals surface area (Å²) < 4.78 is 16.8. The summed E-state index contributed by atoms with van der Waals surface area (Å²) in [6.45, 7) is 6.45. The zero-order valence-electron chi connectivity index (χ0n) is 49.7. The molecule has 0 heterocycles. The Bertz CT molecular complexity index is 1540. The van der Waals surface area contributed by atoms with Crippen LogP contribution < -0.4 is 0 Å². The standard InChI is InChI=1S/C70H118O6/c1-4-7-10-13-16-18-20-22-24-26-28-30-32-34-35-37-38-40-42-44-46-48-50-52-54-57-60-63-69(72)75-66-67(65-74-68(71)62-59-56-15-12-9-6-3)76-70(73)64-61-58-55-53-51-49-47-45-43-41-39-36-33-31-29-27-25-23-21-19-17-14-11-8-5-2/h8,11,17,19-20,22-23,25-26,28-29,31-32,34,36,39,43,45,67H,4-7,9-10,12-16,18,21,24,27,30,33,35,37-38,40-42,44,46-66H2,1-3H3/b11-8-,19-17-,22-20-,25-23-,28-26-,31-29-,34-32-,39-36-,45-43-. The van der Waals surface area contributed by atoms with Crippen molar-refractivity contribution in [3.05, 3.63) is 109 Å². The second-order valence-electron chi connectivity index (χ2n) is 20.9. The minimum absolute atomic E-state index is 0.0850. The van der Waals surface area contributed by atoms with Gasteiger partial charge in [0.15, 0.2) is 6.10 Å². The van der Waals surface area contributed by atoms with Crippen molar-refractivity contribution in [1.29, 1.82) is 0 Å². The minimum Gasteiger partial charge on any atom is -0.462 e. The molecule has 0 N–H and O–H groups in total. The maximum absolute atomic E-state index is 12.8. The highest BCUT2D eigenvalue weighted by molar-refractivity contribution is 5.71. The Balaban J connectivity index is 4.14. The van der Waals surface area contributed by atoms with Gasteiger partial charge in [0.25, 0.3) is 0 Å². The molecular formula is C70H118O6. The van der Waals surface area contributed by atoms with Crippen LogP contribution in [0.5, 0.6) is 0 Å². The molecule has 6 heteroatoms. The van der Waals surface area contributed by atoms with Crippen LogP contribution in [0.4, 0.5) is 0 Å². The summed E-state index contributed by atoms with van der Waals surface area (Å²) in [4.78, 5) is 38.0. The van der Waals surface area contributed by atoms with Gasteiger partial charge in [-0.25, -0.2) is 0 Å². The quantitative estimate of drug-likeness (QED) is 0.0261. The molecule has 0 aromatic rings. The Hall–Kier alpha value is -3.93. The van der Waals surface area contributed by atoms with E-state index in [1.165, 1.54) is 135 Å². The van der Waals surface area contributed by atoms with Crippen LogP contribution in [-0.2, 0) is 28.6 Å². The summed E-state index contributed by atoms with van der Waals surface area (Å²) in [7, 11) is 0. The van der Waals surface area contributed by atoms with Crippen LogP contribution in [0.1, 0.15) is 297 Å². The fourth-order valence-electron chi connectivity index (χ4n) is 8.75. The molecule has 6 nitrogen and oxygen atoms in total. The SMILES string of the molecule is CC/C=C\C/C=C\C/C=C\C/C=C\C/C=C\C/C=C\CCCCCCCCC(=O)OC(COC(=O)CCCCCCCC)COC(=O)CCCCCCCCCCCCCC/C=C\C/C=C\C/C=C\CCCCCCC. The van der Waals surface area contributed by atoms with Gasteiger partial charge in [-0.3, -0.25) is 14.4 Å². The van der Waals surface area contributed by atoms with Crippen molar-refractivity contribution in [2.75, 3.05) is 13.2 Å². The van der Waals surface area contributed by atoms with Crippen molar-refractivity contribution in [2.24, 2.45) is 0 Å². The van der Waals surface area contributed by atoms with Gasteiger partial charge < -0.3 is 14.2 Å². The van der Waals surface area contributed by atoms with E-state index in [0.29, 0.717) is 19.3 Å². The Labute approximate surface area is 470 Å². The van der Waals surface area contributed by atoms with E-state index in [4.69, 9.17) is 14.2 Å². The van der Waals surface area contributed by atoms with Crippen LogP contribution in [0.15, 0.2) is 109 Å². The van der Waals surface area contributed by atoms with Gasteiger partial charge in [-0.2, -0.15) is 0 Å². The van der Waals surface area contributed by atoms with Gasteiger partial charge in [-0.05, 0) is 109 Å². The molecule has 0 saturated heterocycles. The van der Waals surface area contributed by atoms with Crippen LogP contribution >= 0.6 is 0 Å². The molecule has 1 unspecified atom stereocenters. The highest BCUT2D eigenvalue weighted by Gasteiger charge is 2.19. The lowest BCUT2D eigenvalue weighted by molar-refractivity contribution is -0.167. The molecule has 0 amide bonds. The number of esters is 3. The molecule has 0 radical (unpaired) electrons. The number of allylic oxidation sites excluding steroid dienone is 18. The van der Waals surface area contributed by atoms with Crippen LogP contribution in [0, 0.1) is 0 Å². The van der Waals surface area contributed by atoms with Gasteiger partial charge in [0.2, 0.25) is 0 Å². The van der Waals surface area contributed by atoms with E-state index in [1.807, 2.05) is 0 Å². The molecule has 0 fully saturated rings. The molecule has 0 spiro atoms. The molecule has 0 aliphatic carbocycles. The lowest BCUT2D eigenvalue weighted by Crippen LogP contribution is -2.30. The molecule has 0 bridgehead atoms. The number of carbonyl (C=O) groups is 3. The first-order valence-corrected chi connectivity index (χ1v) is 31.9. The Morgan fingerprint density at radius 2 is 0.513 bits per heavy atom. The monoisotopic (exact) mass is 1050 g/mol. The Morgan fingerprint density at radius 3 is 0.803 bits per heavy atom. The van der Waals surface area contributed by atoms with E-state index >= 15 is 0 Å². The van der Waals surface area contributed by atoms with E-state index < -0.39 is 6.10 Å². The second-order valence-corrected chi connectivity index (χ2v) is 20.9. The summed E-state index contributed by atoms with van der Waals surface area (Å²) in [5.41, 5.74) is 0. The van der Waals surface area contributed by atoms with Gasteiger partial charge in [0, 0.05) is 19.3 Å². The normalized spacial score (nSPS) is 12.8. The van der Waals surface area contributed by atoms with E-state index in [-0.39, 0.29) is 31.1 Å². The number of ether oxygens (including phenoxy) is 3. The predicted molar refractivity (Wildman–Crippen MR) is 330 cm³/mol. The number of unbranched alkanes of at least 4 members (excludes halogenated alkanes) is 28. The molecule has 0 saturated carbocycles. The Kier molecular flexibility index (Phi) is 60.3. The van der Waals surface area contributed by atoms with Crippen molar-refractivity contribution in [3.8, 4) is 0 Å². The van der Waals surface area contributed by atoms with Crippen LogP contribution in [0.3, 0.4) is 0 Å². The van der Waals surface area contributed by atoms with E-state index in [9.17, 15) is 14.4 Å². The molecule has 0 aliphatic rings. The lowest BCUT2D eigenvalue weighted by atomic mass is 10.0. The summed E-state index contributed by atoms with van der Waals surface area (Å²) in [5, 5.41) is 0. The average Bonchev–Trinajstić information content (AvgIpc) is 3.42. The first-order chi connectivity index (χ1) is 37.5. The van der Waals surface area contributed by atoms with Gasteiger partial charge in [-0.1, -0.05) is 278 Å². The third kappa shape index (κ3) is 60.9. The predicted octanol–water partition coefficient (Wildman–Crippen LogP) is 21.8. The molecule has 0 aliphatic heterocycles. The zero-order valence-corrected chi connectivity index (χ0v) is 49.7. The number of hydrogen-bond acceptors (Lipinski definition) is 6. The summed E-state index contributed by atoms with van der Waals surface area (Å²) in [6, 6.07) is 0. The van der Waals surface area contributed by atoms with Crippen molar-refractivity contribution < 1.29 is 28.6 Å². The maximum atomic E-state index is 12.8. The molecule has 0 aromatic heterocycles. The fourth-order valence-corrected chi connectivity index (χ4v) is 8.75. The van der Waals surface area contributed by atoms with E-state index in [2.05, 4.69) is 130 Å². The van der Waals surface area contributed by atoms with Crippen LogP contribution in [-0.4, -0.2) is 37.2 Å². The lowest BCUT2D eigenvalue weighted by Gasteiger charge is -2.18. The third-order valence-corrected chi connectivity index (χ3v) is 13.5. The van der Waals surface area contributed by atoms with Crippen molar-refractivity contribution >= 4 is 17.9 Å².